The van der Waals surface area contributed by atoms with Gasteiger partial charge >= 0.3 is 0 Å². The fourth-order valence-electron chi connectivity index (χ4n) is 1.34. The monoisotopic (exact) mass is 228 g/mol. The number of hydrogen-bond donors (Lipinski definition) is 2. The molecule has 0 fully saturated rings. The number of nitrogens with one attached hydrogen (secondary N) is 1. The number of hydrogen-bond acceptors (Lipinski definition) is 2. The first kappa shape index (κ1) is 12.6. The summed E-state index contributed by atoms with van der Waals surface area (Å²) in [6.07, 6.45) is 0. The van der Waals surface area contributed by atoms with Crippen molar-refractivity contribution in [3.05, 3.63) is 35.4 Å². The summed E-state index contributed by atoms with van der Waals surface area (Å²) < 4.78 is 26.7. The summed E-state index contributed by atoms with van der Waals surface area (Å²) in [7, 11) is 0. The lowest BCUT2D eigenvalue weighted by Crippen LogP contribution is -2.39. The highest BCUT2D eigenvalue weighted by molar-refractivity contribution is 5.81. The van der Waals surface area contributed by atoms with E-state index in [0.29, 0.717) is 0 Å². The van der Waals surface area contributed by atoms with Crippen LogP contribution in [0.4, 0.5) is 8.78 Å². The van der Waals surface area contributed by atoms with Crippen LogP contribution in [-0.4, -0.2) is 11.9 Å². The Balaban J connectivity index is 2.88. The first-order valence-corrected chi connectivity index (χ1v) is 4.93. The highest BCUT2D eigenvalue weighted by Gasteiger charge is 2.18. The maximum absolute atomic E-state index is 13.3. The predicted octanol–water partition coefficient (Wildman–Crippen LogP) is 1.49. The molecular formula is C11H14F2N2O. The number of nitrogens with two attached hydrogens (primary N) is 1. The van der Waals surface area contributed by atoms with E-state index in [1.165, 1.54) is 19.9 Å². The van der Waals surface area contributed by atoms with E-state index in [0.717, 1.165) is 12.1 Å². The second-order valence-electron chi connectivity index (χ2n) is 3.65. The van der Waals surface area contributed by atoms with Crippen molar-refractivity contribution in [3.63, 3.8) is 0 Å². The van der Waals surface area contributed by atoms with Gasteiger partial charge in [0.05, 0.1) is 12.1 Å². The van der Waals surface area contributed by atoms with Crippen LogP contribution in [0.1, 0.15) is 25.5 Å². The third kappa shape index (κ3) is 2.76. The number of carbonyl (C=O) groups excluding carboxylic acids is 1. The van der Waals surface area contributed by atoms with Gasteiger partial charge in [0.1, 0.15) is 11.6 Å². The number of halogens is 2. The van der Waals surface area contributed by atoms with Crippen LogP contribution in [0.25, 0.3) is 0 Å². The molecule has 0 aliphatic carbocycles. The van der Waals surface area contributed by atoms with Gasteiger partial charge in [-0.3, -0.25) is 4.79 Å². The Morgan fingerprint density at radius 3 is 2.25 bits per heavy atom. The summed E-state index contributed by atoms with van der Waals surface area (Å²) >= 11 is 0. The third-order valence-electron chi connectivity index (χ3n) is 2.21. The molecule has 0 bridgehead atoms. The van der Waals surface area contributed by atoms with E-state index in [1.54, 1.807) is 0 Å². The van der Waals surface area contributed by atoms with Crippen LogP contribution in [0.2, 0.25) is 0 Å². The number of rotatable bonds is 3. The van der Waals surface area contributed by atoms with Crippen LogP contribution in [-0.2, 0) is 4.79 Å². The summed E-state index contributed by atoms with van der Waals surface area (Å²) in [5.74, 6) is -1.81. The average Bonchev–Trinajstić information content (AvgIpc) is 2.16. The summed E-state index contributed by atoms with van der Waals surface area (Å²) in [6.45, 7) is 3.00. The minimum Gasteiger partial charge on any atom is -0.348 e. The molecule has 1 rings (SSSR count). The van der Waals surface area contributed by atoms with Crippen molar-refractivity contribution in [1.82, 2.24) is 5.32 Å². The second-order valence-corrected chi connectivity index (χ2v) is 3.65. The van der Waals surface area contributed by atoms with Gasteiger partial charge in [0.2, 0.25) is 5.91 Å². The Labute approximate surface area is 92.6 Å². The van der Waals surface area contributed by atoms with Crippen LogP contribution < -0.4 is 11.1 Å². The van der Waals surface area contributed by atoms with Crippen molar-refractivity contribution in [2.75, 3.05) is 0 Å². The van der Waals surface area contributed by atoms with Gasteiger partial charge in [-0.05, 0) is 26.0 Å². The zero-order chi connectivity index (χ0) is 12.3. The predicted molar refractivity (Wildman–Crippen MR) is 56.6 cm³/mol. The molecular weight excluding hydrogens is 214 g/mol. The molecule has 5 heteroatoms. The van der Waals surface area contributed by atoms with E-state index >= 15 is 0 Å². The SMILES string of the molecule is CC(N)C(=O)NC(C)c1c(F)cccc1F. The van der Waals surface area contributed by atoms with E-state index in [-0.39, 0.29) is 5.56 Å². The zero-order valence-electron chi connectivity index (χ0n) is 9.13. The van der Waals surface area contributed by atoms with Gasteiger partial charge in [-0.2, -0.15) is 0 Å². The quantitative estimate of drug-likeness (QED) is 0.823. The van der Waals surface area contributed by atoms with Gasteiger partial charge in [0, 0.05) is 5.56 Å². The molecule has 16 heavy (non-hydrogen) atoms. The molecule has 1 amide bonds. The van der Waals surface area contributed by atoms with Crippen LogP contribution in [0.15, 0.2) is 18.2 Å². The van der Waals surface area contributed by atoms with E-state index in [2.05, 4.69) is 5.32 Å². The minimum absolute atomic E-state index is 0.156. The van der Waals surface area contributed by atoms with Gasteiger partial charge in [-0.25, -0.2) is 8.78 Å². The fraction of sp³-hybridized carbons (Fsp3) is 0.364. The highest BCUT2D eigenvalue weighted by Crippen LogP contribution is 2.20. The molecule has 0 aromatic heterocycles. The normalized spacial score (nSPS) is 14.3. The van der Waals surface area contributed by atoms with Crippen molar-refractivity contribution < 1.29 is 13.6 Å². The first-order chi connectivity index (χ1) is 7.43. The summed E-state index contributed by atoms with van der Waals surface area (Å²) in [5, 5.41) is 2.43. The van der Waals surface area contributed by atoms with E-state index in [9.17, 15) is 13.6 Å². The van der Waals surface area contributed by atoms with Crippen LogP contribution in [0.3, 0.4) is 0 Å². The highest BCUT2D eigenvalue weighted by atomic mass is 19.1. The molecule has 0 aliphatic heterocycles. The smallest absolute Gasteiger partial charge is 0.237 e. The second kappa shape index (κ2) is 5.03. The summed E-state index contributed by atoms with van der Waals surface area (Å²) in [6, 6.07) is 2.10. The molecule has 88 valence electrons. The molecule has 3 nitrogen and oxygen atoms in total. The zero-order valence-corrected chi connectivity index (χ0v) is 9.13. The minimum atomic E-state index is -0.750. The van der Waals surface area contributed by atoms with E-state index < -0.39 is 29.6 Å². The molecule has 1 aromatic carbocycles. The molecule has 2 unspecified atom stereocenters. The largest absolute Gasteiger partial charge is 0.348 e. The van der Waals surface area contributed by atoms with Gasteiger partial charge in [-0.15, -0.1) is 0 Å². The van der Waals surface area contributed by atoms with Crippen LogP contribution >= 0.6 is 0 Å². The average molecular weight is 228 g/mol. The van der Waals surface area contributed by atoms with Gasteiger partial charge in [0.15, 0.2) is 0 Å². The van der Waals surface area contributed by atoms with Crippen LogP contribution in [0, 0.1) is 11.6 Å². The fourth-order valence-corrected chi connectivity index (χ4v) is 1.34. The van der Waals surface area contributed by atoms with Crippen molar-refractivity contribution in [1.29, 1.82) is 0 Å². The Morgan fingerprint density at radius 1 is 1.31 bits per heavy atom. The van der Waals surface area contributed by atoms with Gasteiger partial charge in [-0.1, -0.05) is 6.07 Å². The maximum Gasteiger partial charge on any atom is 0.237 e. The van der Waals surface area contributed by atoms with Crippen molar-refractivity contribution in [2.24, 2.45) is 5.73 Å². The molecule has 0 aliphatic rings. The molecule has 0 spiro atoms. The van der Waals surface area contributed by atoms with E-state index in [4.69, 9.17) is 5.73 Å². The van der Waals surface area contributed by atoms with Crippen molar-refractivity contribution in [3.8, 4) is 0 Å². The van der Waals surface area contributed by atoms with Gasteiger partial charge in [0.25, 0.3) is 0 Å². The molecule has 1 aromatic rings. The maximum atomic E-state index is 13.3. The Bertz CT molecular complexity index is 373. The Morgan fingerprint density at radius 2 is 1.81 bits per heavy atom. The lowest BCUT2D eigenvalue weighted by atomic mass is 10.1. The lowest BCUT2D eigenvalue weighted by Gasteiger charge is -2.17. The Hall–Kier alpha value is -1.49. The molecule has 3 N–H and O–H groups in total. The van der Waals surface area contributed by atoms with Crippen molar-refractivity contribution >= 4 is 5.91 Å². The van der Waals surface area contributed by atoms with Crippen molar-refractivity contribution in [2.45, 2.75) is 25.9 Å². The summed E-state index contributed by atoms with van der Waals surface area (Å²) in [4.78, 5) is 11.3. The molecule has 0 radical (unpaired) electrons. The molecule has 0 saturated carbocycles. The molecule has 0 heterocycles. The molecule has 2 atom stereocenters. The number of amides is 1. The van der Waals surface area contributed by atoms with Crippen LogP contribution in [0.5, 0.6) is 0 Å². The standard InChI is InChI=1S/C11H14F2N2O/c1-6(14)11(16)15-7(2)10-8(12)4-3-5-9(10)13/h3-7H,14H2,1-2H3,(H,15,16). The van der Waals surface area contributed by atoms with E-state index in [1.807, 2.05) is 0 Å². The number of carbonyl (C=O) groups is 1. The molecule has 0 saturated heterocycles. The lowest BCUT2D eigenvalue weighted by molar-refractivity contribution is -0.122. The first-order valence-electron chi connectivity index (χ1n) is 4.93. The Kier molecular flexibility index (Phi) is 3.95. The topological polar surface area (TPSA) is 55.1 Å². The van der Waals surface area contributed by atoms with Gasteiger partial charge < -0.3 is 11.1 Å². The third-order valence-corrected chi connectivity index (χ3v) is 2.21. The summed E-state index contributed by atoms with van der Waals surface area (Å²) in [5.41, 5.74) is 5.18. The number of benzene rings is 1.